The highest BCUT2D eigenvalue weighted by molar-refractivity contribution is 5.39. The van der Waals surface area contributed by atoms with Crippen LogP contribution in [-0.4, -0.2) is 18.8 Å². The van der Waals surface area contributed by atoms with Gasteiger partial charge in [0, 0.05) is 25.3 Å². The highest BCUT2D eigenvalue weighted by Crippen LogP contribution is 2.40. The first-order valence-corrected chi connectivity index (χ1v) is 5.33. The normalized spacial score (nSPS) is 22.5. The molecule has 2 aliphatic heterocycles. The van der Waals surface area contributed by atoms with Crippen LogP contribution in [0.4, 0.5) is 4.39 Å². The smallest absolute Gasteiger partial charge is 0.126 e. The Labute approximate surface area is 88.0 Å². The Balaban J connectivity index is 1.90. The van der Waals surface area contributed by atoms with Gasteiger partial charge in [0.05, 0.1) is 13.2 Å². The zero-order valence-corrected chi connectivity index (χ0v) is 8.46. The summed E-state index contributed by atoms with van der Waals surface area (Å²) in [6.07, 6.45) is 2.71. The van der Waals surface area contributed by atoms with Gasteiger partial charge >= 0.3 is 0 Å². The van der Waals surface area contributed by atoms with E-state index in [2.05, 4.69) is 0 Å². The van der Waals surface area contributed by atoms with E-state index in [0.717, 1.165) is 43.8 Å². The average Bonchev–Trinajstić information content (AvgIpc) is 2.56. The van der Waals surface area contributed by atoms with Crippen LogP contribution in [0.15, 0.2) is 18.2 Å². The molecular formula is C12H13FO2. The first kappa shape index (κ1) is 9.16. The van der Waals surface area contributed by atoms with Crippen LogP contribution in [0.25, 0.3) is 0 Å². The largest absolute Gasteiger partial charge is 0.486 e. The molecule has 3 rings (SSSR count). The maximum atomic E-state index is 13.0. The van der Waals surface area contributed by atoms with Gasteiger partial charge in [0.25, 0.3) is 0 Å². The van der Waals surface area contributed by atoms with Crippen LogP contribution >= 0.6 is 0 Å². The maximum absolute atomic E-state index is 13.0. The molecule has 0 aliphatic carbocycles. The molecule has 1 fully saturated rings. The van der Waals surface area contributed by atoms with Gasteiger partial charge < -0.3 is 9.47 Å². The van der Waals surface area contributed by atoms with Gasteiger partial charge in [0.2, 0.25) is 0 Å². The fourth-order valence-corrected chi connectivity index (χ4v) is 2.41. The molecule has 1 saturated heterocycles. The topological polar surface area (TPSA) is 18.5 Å². The van der Waals surface area contributed by atoms with Gasteiger partial charge in [0.15, 0.2) is 0 Å². The zero-order chi connectivity index (χ0) is 10.3. The van der Waals surface area contributed by atoms with E-state index in [1.54, 1.807) is 0 Å². The molecule has 1 spiro atoms. The van der Waals surface area contributed by atoms with Gasteiger partial charge in [-0.05, 0) is 11.6 Å². The van der Waals surface area contributed by atoms with Crippen LogP contribution in [0.1, 0.15) is 18.4 Å². The number of fused-ring (bicyclic) bond motifs is 1. The summed E-state index contributed by atoms with van der Waals surface area (Å²) in [6, 6.07) is 4.81. The molecule has 1 aromatic carbocycles. The minimum absolute atomic E-state index is 0.117. The molecule has 15 heavy (non-hydrogen) atoms. The molecule has 0 saturated carbocycles. The number of benzene rings is 1. The van der Waals surface area contributed by atoms with Gasteiger partial charge in [-0.2, -0.15) is 0 Å². The Bertz CT molecular complexity index is 383. The van der Waals surface area contributed by atoms with Crippen LogP contribution in [0.2, 0.25) is 0 Å². The molecule has 0 radical (unpaired) electrons. The lowest BCUT2D eigenvalue weighted by molar-refractivity contribution is -0.0330. The van der Waals surface area contributed by atoms with Crippen molar-refractivity contribution >= 4 is 0 Å². The summed E-state index contributed by atoms with van der Waals surface area (Å²) < 4.78 is 24.2. The third-order valence-electron chi connectivity index (χ3n) is 3.27. The summed E-state index contributed by atoms with van der Waals surface area (Å²) in [5, 5.41) is 0. The van der Waals surface area contributed by atoms with Crippen LogP contribution in [0.3, 0.4) is 0 Å². The van der Waals surface area contributed by atoms with Crippen molar-refractivity contribution in [2.45, 2.75) is 24.9 Å². The van der Waals surface area contributed by atoms with Crippen molar-refractivity contribution in [3.8, 4) is 5.75 Å². The van der Waals surface area contributed by atoms with Crippen molar-refractivity contribution in [1.29, 1.82) is 0 Å². The lowest BCUT2D eigenvalue weighted by Crippen LogP contribution is -2.40. The van der Waals surface area contributed by atoms with Gasteiger partial charge in [-0.3, -0.25) is 0 Å². The van der Waals surface area contributed by atoms with E-state index in [0.29, 0.717) is 0 Å². The average molecular weight is 208 g/mol. The second-order valence-corrected chi connectivity index (χ2v) is 4.33. The summed E-state index contributed by atoms with van der Waals surface area (Å²) in [6.45, 7) is 1.49. The van der Waals surface area contributed by atoms with E-state index >= 15 is 0 Å². The molecule has 2 aliphatic rings. The van der Waals surface area contributed by atoms with Crippen LogP contribution < -0.4 is 4.74 Å². The fraction of sp³-hybridized carbons (Fsp3) is 0.500. The first-order valence-electron chi connectivity index (χ1n) is 5.33. The van der Waals surface area contributed by atoms with E-state index < -0.39 is 0 Å². The molecular weight excluding hydrogens is 195 g/mol. The first-order chi connectivity index (χ1) is 7.27. The highest BCUT2D eigenvalue weighted by Gasteiger charge is 2.40. The van der Waals surface area contributed by atoms with Crippen molar-refractivity contribution in [3.05, 3.63) is 29.6 Å². The molecule has 0 bridgehead atoms. The van der Waals surface area contributed by atoms with Crippen molar-refractivity contribution in [1.82, 2.24) is 0 Å². The molecule has 0 N–H and O–H groups in total. The summed E-state index contributed by atoms with van der Waals surface area (Å²) in [5.74, 6) is 0.495. The quantitative estimate of drug-likeness (QED) is 0.651. The maximum Gasteiger partial charge on any atom is 0.126 e. The zero-order valence-electron chi connectivity index (χ0n) is 8.46. The lowest BCUT2D eigenvalue weighted by Gasteiger charge is -2.32. The van der Waals surface area contributed by atoms with Gasteiger partial charge in [-0.25, -0.2) is 4.39 Å². The van der Waals surface area contributed by atoms with E-state index in [1.807, 2.05) is 6.07 Å². The predicted octanol–water partition coefficient (Wildman–Crippen LogP) is 2.31. The third-order valence-corrected chi connectivity index (χ3v) is 3.27. The van der Waals surface area contributed by atoms with E-state index in [9.17, 15) is 4.39 Å². The Hall–Kier alpha value is -1.09. The van der Waals surface area contributed by atoms with Gasteiger partial charge in [0.1, 0.15) is 17.2 Å². The predicted molar refractivity (Wildman–Crippen MR) is 53.5 cm³/mol. The molecule has 80 valence electrons. The molecule has 1 aromatic rings. The van der Waals surface area contributed by atoms with Crippen LogP contribution in [-0.2, 0) is 11.2 Å². The number of hydrogen-bond donors (Lipinski definition) is 0. The van der Waals surface area contributed by atoms with Crippen molar-refractivity contribution in [3.63, 3.8) is 0 Å². The van der Waals surface area contributed by atoms with Crippen LogP contribution in [0.5, 0.6) is 5.75 Å². The van der Waals surface area contributed by atoms with E-state index in [1.165, 1.54) is 12.1 Å². The lowest BCUT2D eigenvalue weighted by atomic mass is 9.89. The van der Waals surface area contributed by atoms with Crippen molar-refractivity contribution < 1.29 is 13.9 Å². The second kappa shape index (κ2) is 3.20. The molecule has 3 heteroatoms. The van der Waals surface area contributed by atoms with Crippen molar-refractivity contribution in [2.75, 3.05) is 13.2 Å². The van der Waals surface area contributed by atoms with Crippen molar-refractivity contribution in [2.24, 2.45) is 0 Å². The molecule has 0 atom stereocenters. The molecule has 0 amide bonds. The third kappa shape index (κ3) is 1.51. The molecule has 2 heterocycles. The second-order valence-electron chi connectivity index (χ2n) is 4.33. The van der Waals surface area contributed by atoms with Gasteiger partial charge in [-0.15, -0.1) is 0 Å². The minimum Gasteiger partial charge on any atom is -0.486 e. The Kier molecular flexibility index (Phi) is 1.96. The van der Waals surface area contributed by atoms with Gasteiger partial charge in [-0.1, -0.05) is 6.07 Å². The molecule has 2 nitrogen and oxygen atoms in total. The Morgan fingerprint density at radius 2 is 2.00 bits per heavy atom. The fourth-order valence-electron chi connectivity index (χ4n) is 2.41. The number of rotatable bonds is 0. The summed E-state index contributed by atoms with van der Waals surface area (Å²) in [4.78, 5) is 0. The highest BCUT2D eigenvalue weighted by atomic mass is 19.1. The van der Waals surface area contributed by atoms with E-state index in [4.69, 9.17) is 9.47 Å². The molecule has 0 aromatic heterocycles. The number of hydrogen-bond acceptors (Lipinski definition) is 2. The Morgan fingerprint density at radius 1 is 1.20 bits per heavy atom. The molecule has 0 unspecified atom stereocenters. The summed E-state index contributed by atoms with van der Waals surface area (Å²) in [7, 11) is 0. The monoisotopic (exact) mass is 208 g/mol. The summed E-state index contributed by atoms with van der Waals surface area (Å²) in [5.41, 5.74) is 1.01. The number of halogens is 1. The van der Waals surface area contributed by atoms with Crippen LogP contribution in [0, 0.1) is 5.82 Å². The number of ether oxygens (including phenoxy) is 2. The Morgan fingerprint density at radius 3 is 2.80 bits per heavy atom. The standard InChI is InChI=1S/C12H13FO2/c13-10-2-1-9-8-12(15-11(9)7-10)3-5-14-6-4-12/h1-2,7H,3-6,8H2. The van der Waals surface area contributed by atoms with E-state index in [-0.39, 0.29) is 11.4 Å². The SMILES string of the molecule is Fc1ccc2c(c1)OC1(CCOCC1)C2. The minimum atomic E-state index is -0.224. The summed E-state index contributed by atoms with van der Waals surface area (Å²) >= 11 is 0.